The number of rotatable bonds is 6. The number of carbonyl (C=O) groups excluding carboxylic acids is 1. The molecule has 1 amide bonds. The van der Waals surface area contributed by atoms with Gasteiger partial charge in [0.15, 0.2) is 0 Å². The second kappa shape index (κ2) is 6.58. The molecule has 96 valence electrons. The molecule has 0 aliphatic carbocycles. The van der Waals surface area contributed by atoms with Gasteiger partial charge in [-0.15, -0.1) is 11.3 Å². The third kappa shape index (κ3) is 3.99. The number of alkyl halides is 2. The number of hydrogen-bond donors (Lipinski definition) is 2. The summed E-state index contributed by atoms with van der Waals surface area (Å²) < 4.78 is 24.5. The Morgan fingerprint density at radius 1 is 1.65 bits per heavy atom. The first-order valence-electron chi connectivity index (χ1n) is 4.91. The Hall–Kier alpha value is -1.12. The van der Waals surface area contributed by atoms with Crippen molar-refractivity contribution in [2.24, 2.45) is 5.73 Å². The molecule has 0 saturated heterocycles. The van der Waals surface area contributed by atoms with Gasteiger partial charge in [-0.25, -0.2) is 13.8 Å². The first kappa shape index (κ1) is 13.9. The van der Waals surface area contributed by atoms with Gasteiger partial charge in [-0.2, -0.15) is 0 Å². The number of nitrogens with zero attached hydrogens (tertiary/aromatic N) is 2. The number of nitrogens with two attached hydrogens (primary N) is 1. The van der Waals surface area contributed by atoms with Crippen molar-refractivity contribution in [1.82, 2.24) is 9.88 Å². The Bertz CT molecular complexity index is 373. The van der Waals surface area contributed by atoms with Crippen molar-refractivity contribution in [3.8, 4) is 0 Å². The summed E-state index contributed by atoms with van der Waals surface area (Å²) in [4.78, 5) is 16.6. The van der Waals surface area contributed by atoms with E-state index in [1.54, 1.807) is 0 Å². The highest BCUT2D eigenvalue weighted by molar-refractivity contribution is 7.09. The fraction of sp³-hybridized carbons (Fsp3) is 0.556. The van der Waals surface area contributed by atoms with E-state index in [2.05, 4.69) is 4.98 Å². The minimum absolute atomic E-state index is 0.0875. The first-order valence-corrected chi connectivity index (χ1v) is 5.79. The highest BCUT2D eigenvalue weighted by Crippen LogP contribution is 2.12. The van der Waals surface area contributed by atoms with Gasteiger partial charge in [-0.05, 0) is 0 Å². The molecule has 0 aliphatic rings. The van der Waals surface area contributed by atoms with Gasteiger partial charge in [0.2, 0.25) is 0 Å². The topological polar surface area (TPSA) is 79.5 Å². The van der Waals surface area contributed by atoms with E-state index in [0.29, 0.717) is 5.01 Å². The summed E-state index contributed by atoms with van der Waals surface area (Å²) in [5.41, 5.74) is 5.43. The summed E-state index contributed by atoms with van der Waals surface area (Å²) in [5.74, 6) is -0.615. The maximum atomic E-state index is 12.2. The second-order valence-corrected chi connectivity index (χ2v) is 4.14. The zero-order chi connectivity index (χ0) is 12.8. The van der Waals surface area contributed by atoms with Crippen LogP contribution in [0.25, 0.3) is 0 Å². The van der Waals surface area contributed by atoms with Gasteiger partial charge in [-0.3, -0.25) is 4.79 Å². The molecule has 0 saturated carbocycles. The van der Waals surface area contributed by atoms with Crippen molar-refractivity contribution in [1.29, 1.82) is 0 Å². The van der Waals surface area contributed by atoms with Gasteiger partial charge in [0.05, 0.1) is 13.2 Å². The van der Waals surface area contributed by atoms with Crippen molar-refractivity contribution in [2.45, 2.75) is 13.0 Å². The molecule has 0 radical (unpaired) electrons. The minimum Gasteiger partial charge on any atom is -0.395 e. The van der Waals surface area contributed by atoms with Crippen LogP contribution in [-0.4, -0.2) is 47.0 Å². The molecule has 0 spiro atoms. The first-order chi connectivity index (χ1) is 8.08. The Kier molecular flexibility index (Phi) is 5.39. The molecular formula is C9H13F2N3O2S. The van der Waals surface area contributed by atoms with Crippen LogP contribution in [0.15, 0.2) is 5.38 Å². The maximum absolute atomic E-state index is 12.2. The number of aliphatic hydroxyl groups is 1. The van der Waals surface area contributed by atoms with E-state index in [9.17, 15) is 13.6 Å². The molecule has 1 aromatic heterocycles. The van der Waals surface area contributed by atoms with E-state index in [0.717, 1.165) is 4.90 Å². The highest BCUT2D eigenvalue weighted by atomic mass is 32.1. The highest BCUT2D eigenvalue weighted by Gasteiger charge is 2.21. The molecule has 0 aromatic carbocycles. The van der Waals surface area contributed by atoms with E-state index >= 15 is 0 Å². The number of hydrogen-bond acceptors (Lipinski definition) is 5. The average Bonchev–Trinajstić information content (AvgIpc) is 2.75. The van der Waals surface area contributed by atoms with Gasteiger partial charge in [-0.1, -0.05) is 0 Å². The molecule has 0 bridgehead atoms. The zero-order valence-corrected chi connectivity index (χ0v) is 9.79. The summed E-state index contributed by atoms with van der Waals surface area (Å²) >= 11 is 1.20. The molecule has 3 N–H and O–H groups in total. The van der Waals surface area contributed by atoms with Gasteiger partial charge < -0.3 is 15.7 Å². The van der Waals surface area contributed by atoms with Crippen LogP contribution in [0, 0.1) is 0 Å². The number of halogens is 2. The Balaban J connectivity index is 2.75. The second-order valence-electron chi connectivity index (χ2n) is 3.20. The summed E-state index contributed by atoms with van der Waals surface area (Å²) in [6, 6.07) is 0. The number of aliphatic hydroxyl groups excluding tert-OH is 1. The molecule has 1 aromatic rings. The van der Waals surface area contributed by atoms with Crippen LogP contribution < -0.4 is 5.73 Å². The predicted molar refractivity (Wildman–Crippen MR) is 59.0 cm³/mol. The number of aromatic nitrogens is 1. The average molecular weight is 265 g/mol. The van der Waals surface area contributed by atoms with E-state index in [1.807, 2.05) is 0 Å². The summed E-state index contributed by atoms with van der Waals surface area (Å²) in [6.07, 6.45) is -2.64. The van der Waals surface area contributed by atoms with Crippen LogP contribution in [0.4, 0.5) is 8.78 Å². The molecule has 0 fully saturated rings. The Labute approximate surface area is 101 Å². The van der Waals surface area contributed by atoms with Gasteiger partial charge in [0.25, 0.3) is 12.3 Å². The molecule has 1 rings (SSSR count). The van der Waals surface area contributed by atoms with Crippen LogP contribution in [0.1, 0.15) is 15.5 Å². The largest absolute Gasteiger partial charge is 0.395 e. The van der Waals surface area contributed by atoms with E-state index in [1.165, 1.54) is 16.7 Å². The fourth-order valence-corrected chi connectivity index (χ4v) is 1.88. The summed E-state index contributed by atoms with van der Waals surface area (Å²) in [7, 11) is 0. The lowest BCUT2D eigenvalue weighted by molar-refractivity contribution is 0.0505. The van der Waals surface area contributed by atoms with E-state index < -0.39 is 18.9 Å². The molecule has 5 nitrogen and oxygen atoms in total. The van der Waals surface area contributed by atoms with Crippen molar-refractivity contribution < 1.29 is 18.7 Å². The molecule has 0 atom stereocenters. The monoisotopic (exact) mass is 265 g/mol. The molecule has 1 heterocycles. The van der Waals surface area contributed by atoms with Crippen LogP contribution in [0.2, 0.25) is 0 Å². The normalized spacial score (nSPS) is 10.9. The van der Waals surface area contributed by atoms with Crippen molar-refractivity contribution in [2.75, 3.05) is 19.7 Å². The molecular weight excluding hydrogens is 252 g/mol. The lowest BCUT2D eigenvalue weighted by Gasteiger charge is -2.19. The Morgan fingerprint density at radius 2 is 2.35 bits per heavy atom. The number of carbonyl (C=O) groups is 1. The van der Waals surface area contributed by atoms with Crippen molar-refractivity contribution in [3.05, 3.63) is 16.1 Å². The third-order valence-corrected chi connectivity index (χ3v) is 2.83. The fourth-order valence-electron chi connectivity index (χ4n) is 1.23. The zero-order valence-electron chi connectivity index (χ0n) is 8.97. The Morgan fingerprint density at radius 3 is 2.82 bits per heavy atom. The number of amides is 1. The van der Waals surface area contributed by atoms with Crippen molar-refractivity contribution >= 4 is 17.2 Å². The maximum Gasteiger partial charge on any atom is 0.273 e. The van der Waals surface area contributed by atoms with Gasteiger partial charge in [0.1, 0.15) is 10.7 Å². The van der Waals surface area contributed by atoms with Crippen LogP contribution in [-0.2, 0) is 6.54 Å². The van der Waals surface area contributed by atoms with Gasteiger partial charge in [0, 0.05) is 18.5 Å². The smallest absolute Gasteiger partial charge is 0.273 e. The quantitative estimate of drug-likeness (QED) is 0.775. The summed E-state index contributed by atoms with van der Waals surface area (Å²) in [6.45, 7) is -1.02. The molecule has 0 unspecified atom stereocenters. The molecule has 0 aliphatic heterocycles. The minimum atomic E-state index is -2.64. The van der Waals surface area contributed by atoms with Crippen LogP contribution in [0.3, 0.4) is 0 Å². The number of thiazole rings is 1. The molecule has 8 heteroatoms. The predicted octanol–water partition coefficient (Wildman–Crippen LogP) is 0.301. The lowest BCUT2D eigenvalue weighted by atomic mass is 10.3. The van der Waals surface area contributed by atoms with Gasteiger partial charge >= 0.3 is 0 Å². The third-order valence-electron chi connectivity index (χ3n) is 1.96. The standard InChI is InChI=1S/C9H13F2N3O2S/c10-7(11)4-14(1-2-15)9(16)6-5-17-8(3-12)13-6/h5,7,15H,1-4,12H2. The summed E-state index contributed by atoms with van der Waals surface area (Å²) in [5, 5.41) is 10.8. The van der Waals surface area contributed by atoms with E-state index in [4.69, 9.17) is 10.8 Å². The van der Waals surface area contributed by atoms with Crippen LogP contribution in [0.5, 0.6) is 0 Å². The molecule has 17 heavy (non-hydrogen) atoms. The lowest BCUT2D eigenvalue weighted by Crippen LogP contribution is -2.37. The van der Waals surface area contributed by atoms with E-state index in [-0.39, 0.29) is 25.4 Å². The van der Waals surface area contributed by atoms with Crippen LogP contribution >= 0.6 is 11.3 Å². The van der Waals surface area contributed by atoms with Crippen molar-refractivity contribution in [3.63, 3.8) is 0 Å². The SMILES string of the molecule is NCc1nc(C(=O)N(CCO)CC(F)F)cs1.